The molecule has 0 spiro atoms. The molecule has 0 saturated heterocycles. The molecule has 0 aromatic carbocycles. The quantitative estimate of drug-likeness (QED) is 0.525. The summed E-state index contributed by atoms with van der Waals surface area (Å²) in [5, 5.41) is 14.2. The Bertz CT molecular complexity index is 414. The Morgan fingerprint density at radius 1 is 1.47 bits per heavy atom. The first-order valence-electron chi connectivity index (χ1n) is 5.07. The average molecular weight is 241 g/mol. The molecule has 0 saturated carbocycles. The lowest BCUT2D eigenvalue weighted by Crippen LogP contribution is -2.35. The smallest absolute Gasteiger partial charge is 0.372 e. The van der Waals surface area contributed by atoms with Crippen LogP contribution in [0.5, 0.6) is 0 Å². The molecule has 0 aliphatic heterocycles. The van der Waals surface area contributed by atoms with Gasteiger partial charge in [-0.2, -0.15) is 0 Å². The molecule has 0 bridgehead atoms. The first kappa shape index (κ1) is 13.0. The average Bonchev–Trinajstić information content (AvgIpc) is 2.59. The van der Waals surface area contributed by atoms with E-state index in [2.05, 4.69) is 10.6 Å². The fourth-order valence-electron chi connectivity index (χ4n) is 1.33. The number of hydrogen-bond acceptors (Lipinski definition) is 4. The number of carboxylic acid groups (broad SMARTS) is 1. The molecule has 0 aliphatic rings. The SMILES string of the molecule is Cc1cc(CNCCNC(N)=O)oc1C(=O)O. The zero-order chi connectivity index (χ0) is 12.8. The van der Waals surface area contributed by atoms with Gasteiger partial charge in [-0.25, -0.2) is 9.59 Å². The maximum Gasteiger partial charge on any atom is 0.372 e. The Balaban J connectivity index is 2.35. The standard InChI is InChI=1S/C10H15N3O4/c1-6-4-7(17-8(6)9(14)15)5-12-2-3-13-10(11)16/h4,12H,2-3,5H2,1H3,(H,14,15)(H3,11,13,16). The number of aryl methyl sites for hydroxylation is 1. The van der Waals surface area contributed by atoms with E-state index in [1.54, 1.807) is 13.0 Å². The molecule has 7 heteroatoms. The van der Waals surface area contributed by atoms with Crippen molar-refractivity contribution in [3.8, 4) is 0 Å². The van der Waals surface area contributed by atoms with E-state index in [-0.39, 0.29) is 5.76 Å². The van der Waals surface area contributed by atoms with E-state index in [4.69, 9.17) is 15.3 Å². The van der Waals surface area contributed by atoms with Crippen molar-refractivity contribution < 1.29 is 19.1 Å². The van der Waals surface area contributed by atoms with Gasteiger partial charge >= 0.3 is 12.0 Å². The van der Waals surface area contributed by atoms with Gasteiger partial charge in [0.25, 0.3) is 0 Å². The minimum Gasteiger partial charge on any atom is -0.475 e. The number of rotatable bonds is 6. The molecule has 94 valence electrons. The number of carbonyl (C=O) groups is 2. The van der Waals surface area contributed by atoms with Crippen LogP contribution in [0.1, 0.15) is 21.9 Å². The lowest BCUT2D eigenvalue weighted by atomic mass is 10.2. The van der Waals surface area contributed by atoms with Crippen molar-refractivity contribution in [3.63, 3.8) is 0 Å². The van der Waals surface area contributed by atoms with Crippen molar-refractivity contribution in [2.45, 2.75) is 13.5 Å². The van der Waals surface area contributed by atoms with Gasteiger partial charge in [-0.3, -0.25) is 0 Å². The summed E-state index contributed by atoms with van der Waals surface area (Å²) in [5.74, 6) is -0.583. The molecule has 1 aromatic heterocycles. The number of primary amides is 1. The van der Waals surface area contributed by atoms with Crippen LogP contribution in [0.25, 0.3) is 0 Å². The van der Waals surface area contributed by atoms with E-state index in [1.165, 1.54) is 0 Å². The molecule has 0 radical (unpaired) electrons. The number of urea groups is 1. The summed E-state index contributed by atoms with van der Waals surface area (Å²) in [6.07, 6.45) is 0. The third-order valence-corrected chi connectivity index (χ3v) is 2.06. The van der Waals surface area contributed by atoms with Crippen LogP contribution in [0.15, 0.2) is 10.5 Å². The molecule has 0 unspecified atom stereocenters. The lowest BCUT2D eigenvalue weighted by molar-refractivity contribution is 0.0659. The molecular weight excluding hydrogens is 226 g/mol. The van der Waals surface area contributed by atoms with Gasteiger partial charge in [-0.1, -0.05) is 0 Å². The Morgan fingerprint density at radius 2 is 2.18 bits per heavy atom. The maximum atomic E-state index is 10.7. The molecule has 1 aromatic rings. The first-order valence-corrected chi connectivity index (χ1v) is 5.07. The number of hydrogen-bond donors (Lipinski definition) is 4. The molecule has 1 rings (SSSR count). The molecular formula is C10H15N3O4. The normalized spacial score (nSPS) is 10.2. The van der Waals surface area contributed by atoms with Crippen LogP contribution in [-0.2, 0) is 6.54 Å². The van der Waals surface area contributed by atoms with E-state index in [9.17, 15) is 9.59 Å². The van der Waals surface area contributed by atoms with Crippen LogP contribution in [-0.4, -0.2) is 30.2 Å². The van der Waals surface area contributed by atoms with Crippen molar-refractivity contribution in [1.82, 2.24) is 10.6 Å². The molecule has 2 amide bonds. The van der Waals surface area contributed by atoms with Crippen molar-refractivity contribution >= 4 is 12.0 Å². The molecule has 0 fully saturated rings. The van der Waals surface area contributed by atoms with Crippen LogP contribution < -0.4 is 16.4 Å². The highest BCUT2D eigenvalue weighted by molar-refractivity contribution is 5.86. The molecule has 0 atom stereocenters. The molecule has 1 heterocycles. The topological polar surface area (TPSA) is 118 Å². The number of carboxylic acids is 1. The number of amides is 2. The van der Waals surface area contributed by atoms with Gasteiger partial charge in [0, 0.05) is 18.7 Å². The second kappa shape index (κ2) is 5.90. The molecule has 7 nitrogen and oxygen atoms in total. The van der Waals surface area contributed by atoms with Crippen LogP contribution in [0.3, 0.4) is 0 Å². The van der Waals surface area contributed by atoms with E-state index in [1.807, 2.05) is 0 Å². The minimum absolute atomic E-state index is 0.0444. The van der Waals surface area contributed by atoms with E-state index in [0.717, 1.165) is 0 Å². The van der Waals surface area contributed by atoms with Crippen molar-refractivity contribution in [1.29, 1.82) is 0 Å². The minimum atomic E-state index is -1.08. The van der Waals surface area contributed by atoms with Crippen LogP contribution in [0.2, 0.25) is 0 Å². The monoisotopic (exact) mass is 241 g/mol. The molecule has 5 N–H and O–H groups in total. The zero-order valence-corrected chi connectivity index (χ0v) is 9.45. The maximum absolute atomic E-state index is 10.7. The van der Waals surface area contributed by atoms with Gasteiger partial charge in [0.2, 0.25) is 5.76 Å². The number of furan rings is 1. The summed E-state index contributed by atoms with van der Waals surface area (Å²) in [6.45, 7) is 2.99. The fraction of sp³-hybridized carbons (Fsp3) is 0.400. The second-order valence-electron chi connectivity index (χ2n) is 3.50. The van der Waals surface area contributed by atoms with E-state index >= 15 is 0 Å². The summed E-state index contributed by atoms with van der Waals surface area (Å²) < 4.78 is 5.13. The zero-order valence-electron chi connectivity index (χ0n) is 9.45. The Kier molecular flexibility index (Phi) is 4.53. The number of nitrogens with two attached hydrogens (primary N) is 1. The predicted molar refractivity (Wildman–Crippen MR) is 59.7 cm³/mol. The highest BCUT2D eigenvalue weighted by Gasteiger charge is 2.13. The van der Waals surface area contributed by atoms with Crippen LogP contribution >= 0.6 is 0 Å². The van der Waals surface area contributed by atoms with Gasteiger partial charge in [-0.15, -0.1) is 0 Å². The molecule has 0 aliphatic carbocycles. The highest BCUT2D eigenvalue weighted by atomic mass is 16.4. The summed E-state index contributed by atoms with van der Waals surface area (Å²) in [5.41, 5.74) is 5.47. The predicted octanol–water partition coefficient (Wildman–Crippen LogP) is 0.0441. The van der Waals surface area contributed by atoms with E-state index < -0.39 is 12.0 Å². The lowest BCUT2D eigenvalue weighted by Gasteiger charge is -2.02. The van der Waals surface area contributed by atoms with Gasteiger partial charge in [0.15, 0.2) is 0 Å². The van der Waals surface area contributed by atoms with Gasteiger partial charge < -0.3 is 25.9 Å². The van der Waals surface area contributed by atoms with Crippen molar-refractivity contribution in [2.24, 2.45) is 5.73 Å². The van der Waals surface area contributed by atoms with E-state index in [0.29, 0.717) is 31.0 Å². The van der Waals surface area contributed by atoms with Gasteiger partial charge in [0.1, 0.15) is 5.76 Å². The Hall–Kier alpha value is -2.02. The number of nitrogens with one attached hydrogen (secondary N) is 2. The van der Waals surface area contributed by atoms with Crippen LogP contribution in [0, 0.1) is 6.92 Å². The van der Waals surface area contributed by atoms with Crippen LogP contribution in [0.4, 0.5) is 4.79 Å². The summed E-state index contributed by atoms with van der Waals surface area (Å²) in [4.78, 5) is 21.1. The Morgan fingerprint density at radius 3 is 2.71 bits per heavy atom. The summed E-state index contributed by atoms with van der Waals surface area (Å²) in [7, 11) is 0. The number of carbonyl (C=O) groups excluding carboxylic acids is 1. The molecule has 17 heavy (non-hydrogen) atoms. The fourth-order valence-corrected chi connectivity index (χ4v) is 1.33. The summed E-state index contributed by atoms with van der Waals surface area (Å²) in [6, 6.07) is 1.09. The highest BCUT2D eigenvalue weighted by Crippen LogP contribution is 2.14. The second-order valence-corrected chi connectivity index (χ2v) is 3.50. The third-order valence-electron chi connectivity index (χ3n) is 2.06. The largest absolute Gasteiger partial charge is 0.475 e. The van der Waals surface area contributed by atoms with Crippen molar-refractivity contribution in [2.75, 3.05) is 13.1 Å². The Labute approximate surface area is 98.0 Å². The third kappa shape index (κ3) is 4.15. The summed E-state index contributed by atoms with van der Waals surface area (Å²) >= 11 is 0. The first-order chi connectivity index (χ1) is 8.00. The van der Waals surface area contributed by atoms with Crippen molar-refractivity contribution in [3.05, 3.63) is 23.2 Å². The van der Waals surface area contributed by atoms with Gasteiger partial charge in [-0.05, 0) is 13.0 Å². The van der Waals surface area contributed by atoms with Gasteiger partial charge in [0.05, 0.1) is 6.54 Å². The number of aromatic carboxylic acids is 1.